The summed E-state index contributed by atoms with van der Waals surface area (Å²) in [5.74, 6) is -2.66. The topological polar surface area (TPSA) is 50.4 Å². The van der Waals surface area contributed by atoms with Gasteiger partial charge in [-0.2, -0.15) is 0 Å². The third-order valence-corrected chi connectivity index (χ3v) is 4.30. The number of halogens is 4. The SMILES string of the molecule is Cl.O=C(NC1CCCOc2c(Cl)cccc21)C1CC(F)(F)CN1. The molecule has 2 aliphatic heterocycles. The van der Waals surface area contributed by atoms with Crippen LogP contribution in [0.1, 0.15) is 30.9 Å². The van der Waals surface area contributed by atoms with Crippen molar-refractivity contribution in [2.45, 2.75) is 37.3 Å². The molecule has 128 valence electrons. The summed E-state index contributed by atoms with van der Waals surface area (Å²) >= 11 is 6.13. The number of carbonyl (C=O) groups excluding carboxylic acids is 1. The predicted molar refractivity (Wildman–Crippen MR) is 85.7 cm³/mol. The van der Waals surface area contributed by atoms with E-state index in [0.29, 0.717) is 23.8 Å². The highest BCUT2D eigenvalue weighted by atomic mass is 35.5. The first kappa shape index (κ1) is 18.2. The third-order valence-electron chi connectivity index (χ3n) is 4.00. The van der Waals surface area contributed by atoms with Gasteiger partial charge in [0.2, 0.25) is 5.91 Å². The summed E-state index contributed by atoms with van der Waals surface area (Å²) in [7, 11) is 0. The van der Waals surface area contributed by atoms with E-state index in [9.17, 15) is 13.6 Å². The van der Waals surface area contributed by atoms with Crippen molar-refractivity contribution in [1.82, 2.24) is 10.6 Å². The van der Waals surface area contributed by atoms with Crippen molar-refractivity contribution in [2.24, 2.45) is 0 Å². The molecule has 1 aromatic carbocycles. The molecule has 1 fully saturated rings. The van der Waals surface area contributed by atoms with Gasteiger partial charge in [-0.15, -0.1) is 12.4 Å². The van der Waals surface area contributed by atoms with E-state index in [-0.39, 0.29) is 18.4 Å². The minimum Gasteiger partial charge on any atom is -0.492 e. The second-order valence-electron chi connectivity index (χ2n) is 5.70. The van der Waals surface area contributed by atoms with Gasteiger partial charge in [0, 0.05) is 12.0 Å². The highest BCUT2D eigenvalue weighted by Crippen LogP contribution is 2.37. The normalized spacial score (nSPS) is 25.5. The lowest BCUT2D eigenvalue weighted by Crippen LogP contribution is -2.42. The molecular weight excluding hydrogens is 349 g/mol. The summed E-state index contributed by atoms with van der Waals surface area (Å²) < 4.78 is 32.1. The van der Waals surface area contributed by atoms with E-state index in [1.54, 1.807) is 12.1 Å². The van der Waals surface area contributed by atoms with Crippen LogP contribution in [0.15, 0.2) is 18.2 Å². The summed E-state index contributed by atoms with van der Waals surface area (Å²) in [6.45, 7) is 0.0597. The molecule has 0 bridgehead atoms. The Hall–Kier alpha value is -1.11. The van der Waals surface area contributed by atoms with Crippen LogP contribution >= 0.6 is 24.0 Å². The van der Waals surface area contributed by atoms with Crippen molar-refractivity contribution in [3.63, 3.8) is 0 Å². The van der Waals surface area contributed by atoms with Crippen LogP contribution in [0.4, 0.5) is 8.78 Å². The number of carbonyl (C=O) groups is 1. The molecule has 3 rings (SSSR count). The molecule has 0 saturated carbocycles. The summed E-state index contributed by atoms with van der Waals surface area (Å²) in [4.78, 5) is 12.2. The van der Waals surface area contributed by atoms with E-state index < -0.39 is 30.8 Å². The molecule has 0 aliphatic carbocycles. The number of nitrogens with one attached hydrogen (secondary N) is 2. The van der Waals surface area contributed by atoms with Gasteiger partial charge in [-0.3, -0.25) is 10.1 Å². The summed E-state index contributed by atoms with van der Waals surface area (Å²) in [5, 5.41) is 5.91. The summed E-state index contributed by atoms with van der Waals surface area (Å²) in [6.07, 6.45) is 0.969. The van der Waals surface area contributed by atoms with Gasteiger partial charge in [-0.1, -0.05) is 23.7 Å². The molecule has 1 aromatic rings. The van der Waals surface area contributed by atoms with Gasteiger partial charge in [0.1, 0.15) is 5.75 Å². The summed E-state index contributed by atoms with van der Waals surface area (Å²) in [6, 6.07) is 4.22. The molecule has 0 aromatic heterocycles. The number of ether oxygens (including phenoxy) is 1. The van der Waals surface area contributed by atoms with Gasteiger partial charge < -0.3 is 10.1 Å². The van der Waals surface area contributed by atoms with Gasteiger partial charge >= 0.3 is 0 Å². The molecule has 8 heteroatoms. The molecule has 4 nitrogen and oxygen atoms in total. The Bertz CT molecular complexity index is 587. The Morgan fingerprint density at radius 3 is 2.91 bits per heavy atom. The van der Waals surface area contributed by atoms with Crippen LogP contribution in [-0.4, -0.2) is 31.0 Å². The lowest BCUT2D eigenvalue weighted by molar-refractivity contribution is -0.124. The Morgan fingerprint density at radius 1 is 1.43 bits per heavy atom. The van der Waals surface area contributed by atoms with Crippen LogP contribution in [0.2, 0.25) is 5.02 Å². The van der Waals surface area contributed by atoms with Crippen molar-refractivity contribution in [3.05, 3.63) is 28.8 Å². The van der Waals surface area contributed by atoms with E-state index >= 15 is 0 Å². The fourth-order valence-electron chi connectivity index (χ4n) is 2.89. The molecule has 2 aliphatic rings. The fourth-order valence-corrected chi connectivity index (χ4v) is 3.13. The van der Waals surface area contributed by atoms with Crippen LogP contribution in [-0.2, 0) is 4.79 Å². The zero-order chi connectivity index (χ0) is 15.7. The number of rotatable bonds is 2. The Balaban J connectivity index is 0.00000192. The maximum absolute atomic E-state index is 13.2. The van der Waals surface area contributed by atoms with E-state index in [0.717, 1.165) is 12.0 Å². The van der Waals surface area contributed by atoms with Crippen LogP contribution in [0.5, 0.6) is 5.75 Å². The third kappa shape index (κ3) is 4.05. The number of hydrogen-bond acceptors (Lipinski definition) is 3. The second kappa shape index (κ2) is 7.20. The van der Waals surface area contributed by atoms with E-state index in [1.807, 2.05) is 6.07 Å². The lowest BCUT2D eigenvalue weighted by atomic mass is 10.0. The van der Waals surface area contributed by atoms with Crippen LogP contribution in [0, 0.1) is 0 Å². The Labute approximate surface area is 144 Å². The molecular formula is C15H18Cl2F2N2O2. The monoisotopic (exact) mass is 366 g/mol. The highest BCUT2D eigenvalue weighted by Gasteiger charge is 2.42. The fraction of sp³-hybridized carbons (Fsp3) is 0.533. The number of amides is 1. The first-order valence-corrected chi connectivity index (χ1v) is 7.67. The van der Waals surface area contributed by atoms with Crippen LogP contribution in [0.3, 0.4) is 0 Å². The molecule has 0 radical (unpaired) electrons. The maximum Gasteiger partial charge on any atom is 0.262 e. The quantitative estimate of drug-likeness (QED) is 0.845. The standard InChI is InChI=1S/C15H17ClF2N2O2.ClH/c16-10-4-1-3-9-11(5-2-6-22-13(9)10)20-14(21)12-7-15(17,18)8-19-12;/h1,3-4,11-12,19H,2,5-8H2,(H,20,21);1H. The minimum atomic E-state index is -2.82. The second-order valence-corrected chi connectivity index (χ2v) is 6.11. The number of para-hydroxylation sites is 1. The molecule has 2 atom stereocenters. The van der Waals surface area contributed by atoms with Crippen molar-refractivity contribution < 1.29 is 18.3 Å². The zero-order valence-electron chi connectivity index (χ0n) is 12.3. The molecule has 23 heavy (non-hydrogen) atoms. The number of fused-ring (bicyclic) bond motifs is 1. The molecule has 2 heterocycles. The van der Waals surface area contributed by atoms with Crippen molar-refractivity contribution in [2.75, 3.05) is 13.2 Å². The van der Waals surface area contributed by atoms with Gasteiger partial charge in [-0.25, -0.2) is 8.78 Å². The smallest absolute Gasteiger partial charge is 0.262 e. The molecule has 2 unspecified atom stereocenters. The lowest BCUT2D eigenvalue weighted by Gasteiger charge is -2.21. The molecule has 1 saturated heterocycles. The van der Waals surface area contributed by atoms with Gasteiger partial charge in [0.05, 0.1) is 30.3 Å². The van der Waals surface area contributed by atoms with Gasteiger partial charge in [-0.05, 0) is 18.9 Å². The van der Waals surface area contributed by atoms with Crippen LogP contribution in [0.25, 0.3) is 0 Å². The average Bonchev–Trinajstić information content (AvgIpc) is 2.70. The summed E-state index contributed by atoms with van der Waals surface area (Å²) in [5.41, 5.74) is 0.795. The van der Waals surface area contributed by atoms with Crippen molar-refractivity contribution in [1.29, 1.82) is 0 Å². The van der Waals surface area contributed by atoms with Gasteiger partial charge in [0.25, 0.3) is 5.92 Å². The Kier molecular flexibility index (Phi) is 5.70. The van der Waals surface area contributed by atoms with Crippen molar-refractivity contribution >= 4 is 29.9 Å². The molecule has 2 N–H and O–H groups in total. The van der Waals surface area contributed by atoms with E-state index in [1.165, 1.54) is 0 Å². The molecule has 1 amide bonds. The maximum atomic E-state index is 13.2. The number of hydrogen-bond donors (Lipinski definition) is 2. The number of benzene rings is 1. The Morgan fingerprint density at radius 2 is 2.22 bits per heavy atom. The largest absolute Gasteiger partial charge is 0.492 e. The minimum absolute atomic E-state index is 0. The van der Waals surface area contributed by atoms with Gasteiger partial charge in [0.15, 0.2) is 0 Å². The van der Waals surface area contributed by atoms with E-state index in [4.69, 9.17) is 16.3 Å². The number of alkyl halides is 2. The van der Waals surface area contributed by atoms with Crippen molar-refractivity contribution in [3.8, 4) is 5.75 Å². The highest BCUT2D eigenvalue weighted by molar-refractivity contribution is 6.32. The zero-order valence-corrected chi connectivity index (χ0v) is 13.9. The molecule has 0 spiro atoms. The predicted octanol–water partition coefficient (Wildman–Crippen LogP) is 3.09. The van der Waals surface area contributed by atoms with Crippen LogP contribution < -0.4 is 15.4 Å². The van der Waals surface area contributed by atoms with E-state index in [2.05, 4.69) is 10.6 Å². The first-order valence-electron chi connectivity index (χ1n) is 7.29. The first-order chi connectivity index (χ1) is 10.5. The average molecular weight is 367 g/mol.